The lowest BCUT2D eigenvalue weighted by Gasteiger charge is -2.13. The molecule has 0 saturated carbocycles. The molecule has 0 atom stereocenters. The number of thiazole rings is 1. The molecule has 0 saturated heterocycles. The summed E-state index contributed by atoms with van der Waals surface area (Å²) in [6.07, 6.45) is 1.00. The molecule has 0 aromatic carbocycles. The fourth-order valence-corrected chi connectivity index (χ4v) is 3.02. The van der Waals surface area contributed by atoms with Crippen molar-refractivity contribution in [3.8, 4) is 0 Å². The summed E-state index contributed by atoms with van der Waals surface area (Å²) in [5.41, 5.74) is 5.81. The Balaban J connectivity index is 2.13. The summed E-state index contributed by atoms with van der Waals surface area (Å²) in [6, 6.07) is 0. The van der Waals surface area contributed by atoms with E-state index in [4.69, 9.17) is 5.73 Å². The van der Waals surface area contributed by atoms with E-state index in [9.17, 15) is 4.79 Å². The van der Waals surface area contributed by atoms with Crippen molar-refractivity contribution < 1.29 is 4.79 Å². The summed E-state index contributed by atoms with van der Waals surface area (Å²) < 4.78 is 4.01. The van der Waals surface area contributed by atoms with Crippen LogP contribution in [0.2, 0.25) is 0 Å². The van der Waals surface area contributed by atoms with E-state index < -0.39 is 0 Å². The van der Waals surface area contributed by atoms with Gasteiger partial charge in [-0.1, -0.05) is 18.3 Å². The quantitative estimate of drug-likeness (QED) is 0.876. The van der Waals surface area contributed by atoms with Crippen LogP contribution in [0.15, 0.2) is 0 Å². The summed E-state index contributed by atoms with van der Waals surface area (Å²) in [5.74, 6) is 0.574. The number of nitrogens with one attached hydrogen (secondary N) is 1. The number of aryl methyl sites for hydroxylation is 1. The predicted octanol–water partition coefficient (Wildman–Crippen LogP) is 1.98. The van der Waals surface area contributed by atoms with E-state index in [1.54, 1.807) is 6.92 Å². The summed E-state index contributed by atoms with van der Waals surface area (Å²) in [7, 11) is 1.93. The minimum absolute atomic E-state index is 0.242. The summed E-state index contributed by atoms with van der Waals surface area (Å²) in [4.78, 5) is 22.8. The third-order valence-electron chi connectivity index (χ3n) is 2.48. The molecule has 9 heteroatoms. The maximum Gasteiger partial charge on any atom is 0.271 e. The van der Waals surface area contributed by atoms with Crippen LogP contribution in [0.3, 0.4) is 0 Å². The molecular formula is C11H16N6OS2. The first kappa shape index (κ1) is 14.7. The number of hydrogen-bond acceptors (Lipinski definition) is 8. The third-order valence-corrected chi connectivity index (χ3v) is 4.39. The van der Waals surface area contributed by atoms with Crippen LogP contribution in [-0.2, 0) is 0 Å². The minimum Gasteiger partial charge on any atom is -0.382 e. The molecule has 0 aliphatic rings. The lowest BCUT2D eigenvalue weighted by Crippen LogP contribution is -2.17. The molecule has 0 fully saturated rings. The normalized spacial score (nSPS) is 10.6. The van der Waals surface area contributed by atoms with E-state index >= 15 is 0 Å². The second-order valence-electron chi connectivity index (χ2n) is 4.23. The number of carbonyl (C=O) groups is 1. The Labute approximate surface area is 125 Å². The number of aromatic nitrogens is 3. The molecule has 0 bridgehead atoms. The van der Waals surface area contributed by atoms with E-state index in [1.165, 1.54) is 11.3 Å². The van der Waals surface area contributed by atoms with Gasteiger partial charge in [0.25, 0.3) is 5.91 Å². The number of nitrogen functional groups attached to an aromatic ring is 1. The Hall–Kier alpha value is -1.74. The molecule has 0 aliphatic carbocycles. The van der Waals surface area contributed by atoms with Gasteiger partial charge in [-0.2, -0.15) is 4.37 Å². The van der Waals surface area contributed by atoms with Gasteiger partial charge >= 0.3 is 0 Å². The average Bonchev–Trinajstić information content (AvgIpc) is 2.96. The Kier molecular flexibility index (Phi) is 4.50. The van der Waals surface area contributed by atoms with E-state index in [1.807, 2.05) is 11.9 Å². The lowest BCUT2D eigenvalue weighted by molar-refractivity contribution is 0.103. The van der Waals surface area contributed by atoms with Gasteiger partial charge in [-0.15, -0.1) is 0 Å². The number of carbonyl (C=O) groups excluding carboxylic acids is 1. The Morgan fingerprint density at radius 3 is 2.80 bits per heavy atom. The Morgan fingerprint density at radius 1 is 1.45 bits per heavy atom. The summed E-state index contributed by atoms with van der Waals surface area (Å²) in [5, 5.41) is 3.88. The number of anilines is 3. The third kappa shape index (κ3) is 3.23. The number of nitrogens with two attached hydrogens (primary N) is 1. The lowest BCUT2D eigenvalue weighted by atomic mass is 10.4. The van der Waals surface area contributed by atoms with Gasteiger partial charge in [-0.25, -0.2) is 9.97 Å². The van der Waals surface area contributed by atoms with E-state index in [0.717, 1.165) is 29.6 Å². The number of amides is 1. The fourth-order valence-electron chi connectivity index (χ4n) is 1.58. The minimum atomic E-state index is -0.299. The SMILES string of the molecule is CCCN(C)c1nc(N)c(C(=O)Nc2nc(C)ns2)s1. The van der Waals surface area contributed by atoms with Crippen LogP contribution in [0, 0.1) is 6.92 Å². The zero-order valence-corrected chi connectivity index (χ0v) is 13.1. The maximum atomic E-state index is 12.1. The van der Waals surface area contributed by atoms with Crippen molar-refractivity contribution in [2.45, 2.75) is 20.3 Å². The largest absolute Gasteiger partial charge is 0.382 e. The topological polar surface area (TPSA) is 97.0 Å². The summed E-state index contributed by atoms with van der Waals surface area (Å²) >= 11 is 2.42. The van der Waals surface area contributed by atoms with Crippen molar-refractivity contribution >= 4 is 44.9 Å². The van der Waals surface area contributed by atoms with Crippen LogP contribution in [-0.4, -0.2) is 33.8 Å². The maximum absolute atomic E-state index is 12.1. The molecule has 0 radical (unpaired) electrons. The molecule has 2 aromatic rings. The van der Waals surface area contributed by atoms with Crippen LogP contribution in [0.4, 0.5) is 16.1 Å². The van der Waals surface area contributed by atoms with Gasteiger partial charge in [0.15, 0.2) is 5.13 Å². The molecule has 108 valence electrons. The molecule has 7 nitrogen and oxygen atoms in total. The van der Waals surface area contributed by atoms with Crippen molar-refractivity contribution in [2.75, 3.05) is 29.5 Å². The Bertz CT molecular complexity index is 608. The van der Waals surface area contributed by atoms with Crippen molar-refractivity contribution in [1.29, 1.82) is 0 Å². The molecule has 2 rings (SSSR count). The zero-order valence-electron chi connectivity index (χ0n) is 11.5. The number of hydrogen-bond donors (Lipinski definition) is 2. The molecule has 3 N–H and O–H groups in total. The van der Waals surface area contributed by atoms with Crippen molar-refractivity contribution in [3.05, 3.63) is 10.7 Å². The van der Waals surface area contributed by atoms with Crippen LogP contribution >= 0.6 is 22.9 Å². The van der Waals surface area contributed by atoms with Gasteiger partial charge in [0.2, 0.25) is 5.13 Å². The monoisotopic (exact) mass is 312 g/mol. The van der Waals surface area contributed by atoms with Crippen LogP contribution < -0.4 is 16.0 Å². The molecule has 0 aliphatic heterocycles. The number of rotatable bonds is 5. The first-order valence-electron chi connectivity index (χ1n) is 6.10. The molecule has 2 aromatic heterocycles. The first-order chi connectivity index (χ1) is 9.51. The first-order valence-corrected chi connectivity index (χ1v) is 7.69. The highest BCUT2D eigenvalue weighted by atomic mass is 32.1. The molecule has 0 spiro atoms. The van der Waals surface area contributed by atoms with Crippen molar-refractivity contribution in [1.82, 2.24) is 14.3 Å². The average molecular weight is 312 g/mol. The predicted molar refractivity (Wildman–Crippen MR) is 82.7 cm³/mol. The van der Waals surface area contributed by atoms with Gasteiger partial charge < -0.3 is 10.6 Å². The van der Waals surface area contributed by atoms with E-state index in [0.29, 0.717) is 15.8 Å². The zero-order chi connectivity index (χ0) is 14.7. The smallest absolute Gasteiger partial charge is 0.271 e. The van der Waals surface area contributed by atoms with Crippen molar-refractivity contribution in [3.63, 3.8) is 0 Å². The second kappa shape index (κ2) is 6.14. The van der Waals surface area contributed by atoms with Crippen LogP contribution in [0.25, 0.3) is 0 Å². The molecule has 2 heterocycles. The standard InChI is InChI=1S/C11H16N6OS2/c1-4-5-17(3)11-14-8(12)7(19-11)9(18)15-10-13-6(2)16-20-10/h4-5,12H2,1-3H3,(H,13,15,16,18). The van der Waals surface area contributed by atoms with Gasteiger partial charge in [-0.3, -0.25) is 10.1 Å². The second-order valence-corrected chi connectivity index (χ2v) is 5.96. The fraction of sp³-hybridized carbons (Fsp3) is 0.455. The van der Waals surface area contributed by atoms with E-state index in [-0.39, 0.29) is 11.7 Å². The highest BCUT2D eigenvalue weighted by molar-refractivity contribution is 7.18. The molecule has 0 unspecified atom stereocenters. The highest BCUT2D eigenvalue weighted by Crippen LogP contribution is 2.28. The van der Waals surface area contributed by atoms with Crippen molar-refractivity contribution in [2.24, 2.45) is 0 Å². The van der Waals surface area contributed by atoms with Crippen LogP contribution in [0.1, 0.15) is 28.8 Å². The number of nitrogens with zero attached hydrogens (tertiary/aromatic N) is 4. The van der Waals surface area contributed by atoms with Gasteiger partial charge in [0.05, 0.1) is 0 Å². The van der Waals surface area contributed by atoms with Gasteiger partial charge in [0.1, 0.15) is 16.5 Å². The van der Waals surface area contributed by atoms with Gasteiger partial charge in [-0.05, 0) is 13.3 Å². The van der Waals surface area contributed by atoms with E-state index in [2.05, 4.69) is 26.6 Å². The Morgan fingerprint density at radius 2 is 2.20 bits per heavy atom. The molecule has 1 amide bonds. The molecule has 20 heavy (non-hydrogen) atoms. The van der Waals surface area contributed by atoms with Crippen LogP contribution in [0.5, 0.6) is 0 Å². The highest BCUT2D eigenvalue weighted by Gasteiger charge is 2.19. The molecular weight excluding hydrogens is 296 g/mol. The summed E-state index contributed by atoms with van der Waals surface area (Å²) in [6.45, 7) is 4.72. The van der Waals surface area contributed by atoms with Gasteiger partial charge in [0, 0.05) is 25.1 Å².